The first-order chi connectivity index (χ1) is 11.5. The van der Waals surface area contributed by atoms with Crippen LogP contribution < -0.4 is 10.0 Å². The van der Waals surface area contributed by atoms with Crippen molar-refractivity contribution in [2.24, 2.45) is 0 Å². The summed E-state index contributed by atoms with van der Waals surface area (Å²) in [6.45, 7) is 2.97. The zero-order valence-electron chi connectivity index (χ0n) is 13.1. The molecule has 0 amide bonds. The molecule has 0 radical (unpaired) electrons. The molecular weight excluding hydrogens is 385 g/mol. The topological polar surface area (TPSA) is 97.1 Å². The molecule has 2 aromatic rings. The maximum Gasteiger partial charge on any atom is 0.417 e. The van der Waals surface area contributed by atoms with Crippen LogP contribution in [0.3, 0.4) is 0 Å². The van der Waals surface area contributed by atoms with Crippen LogP contribution in [0.2, 0.25) is 5.02 Å². The van der Waals surface area contributed by atoms with Crippen molar-refractivity contribution in [3.63, 3.8) is 0 Å². The van der Waals surface area contributed by atoms with E-state index < -0.39 is 21.8 Å². The molecule has 0 spiro atoms. The van der Waals surface area contributed by atoms with E-state index in [9.17, 15) is 21.6 Å². The van der Waals surface area contributed by atoms with Crippen LogP contribution in [0, 0.1) is 13.8 Å². The standard InChI is InChI=1S/C13H14ClF3N4O3S/c1-7-11(8(2)24-21-7)25(22,23)20-4-3-18-12-10(14)5-9(6-19-12)13(15,16)17/h5-6,20H,3-4H2,1-2H3,(H,18,19). The fourth-order valence-corrected chi connectivity index (χ4v) is 3.61. The van der Waals surface area contributed by atoms with Gasteiger partial charge in [0.25, 0.3) is 0 Å². The first-order valence-corrected chi connectivity index (χ1v) is 8.77. The van der Waals surface area contributed by atoms with Crippen molar-refractivity contribution >= 4 is 27.4 Å². The average molecular weight is 399 g/mol. The first-order valence-electron chi connectivity index (χ1n) is 6.91. The number of anilines is 1. The van der Waals surface area contributed by atoms with Gasteiger partial charge in [-0.15, -0.1) is 0 Å². The molecule has 25 heavy (non-hydrogen) atoms. The molecule has 0 saturated heterocycles. The van der Waals surface area contributed by atoms with Crippen LogP contribution in [0.1, 0.15) is 17.0 Å². The maximum absolute atomic E-state index is 12.5. The molecule has 0 bridgehead atoms. The van der Waals surface area contributed by atoms with Gasteiger partial charge in [-0.2, -0.15) is 13.2 Å². The lowest BCUT2D eigenvalue weighted by Crippen LogP contribution is -2.29. The summed E-state index contributed by atoms with van der Waals surface area (Å²) >= 11 is 5.74. The van der Waals surface area contributed by atoms with Crippen LogP contribution in [0.15, 0.2) is 21.7 Å². The molecule has 2 N–H and O–H groups in total. The summed E-state index contributed by atoms with van der Waals surface area (Å²) < 4.78 is 69.0. The predicted molar refractivity (Wildman–Crippen MR) is 83.9 cm³/mol. The van der Waals surface area contributed by atoms with Crippen molar-refractivity contribution in [1.82, 2.24) is 14.9 Å². The summed E-state index contributed by atoms with van der Waals surface area (Å²) in [7, 11) is -3.82. The summed E-state index contributed by atoms with van der Waals surface area (Å²) in [5.41, 5.74) is -0.743. The minimum Gasteiger partial charge on any atom is -0.368 e. The number of sulfonamides is 1. The number of halogens is 4. The quantitative estimate of drug-likeness (QED) is 0.726. The highest BCUT2D eigenvalue weighted by Gasteiger charge is 2.31. The molecular formula is C13H14ClF3N4O3S. The lowest BCUT2D eigenvalue weighted by atomic mass is 10.3. The van der Waals surface area contributed by atoms with Crippen molar-refractivity contribution in [2.75, 3.05) is 18.4 Å². The van der Waals surface area contributed by atoms with E-state index in [1.165, 1.54) is 13.8 Å². The van der Waals surface area contributed by atoms with Crippen LogP contribution >= 0.6 is 11.6 Å². The van der Waals surface area contributed by atoms with E-state index in [0.29, 0.717) is 6.20 Å². The van der Waals surface area contributed by atoms with Gasteiger partial charge in [0, 0.05) is 19.3 Å². The molecule has 2 heterocycles. The Hall–Kier alpha value is -1.85. The van der Waals surface area contributed by atoms with Crippen molar-refractivity contribution in [3.05, 3.63) is 34.3 Å². The normalized spacial score (nSPS) is 12.4. The van der Waals surface area contributed by atoms with Crippen molar-refractivity contribution in [3.8, 4) is 0 Å². The van der Waals surface area contributed by atoms with Gasteiger partial charge in [0.15, 0.2) is 5.76 Å². The second-order valence-electron chi connectivity index (χ2n) is 5.03. The third-order valence-corrected chi connectivity index (χ3v) is 5.11. The monoisotopic (exact) mass is 398 g/mol. The average Bonchev–Trinajstić information content (AvgIpc) is 2.83. The van der Waals surface area contributed by atoms with Crippen LogP contribution in [0.4, 0.5) is 19.0 Å². The molecule has 0 aliphatic rings. The van der Waals surface area contributed by atoms with Gasteiger partial charge < -0.3 is 9.84 Å². The van der Waals surface area contributed by atoms with E-state index in [1.807, 2.05) is 0 Å². The third-order valence-electron chi connectivity index (χ3n) is 3.11. The molecule has 0 fully saturated rings. The molecule has 0 atom stereocenters. The molecule has 0 aliphatic heterocycles. The molecule has 12 heteroatoms. The van der Waals surface area contributed by atoms with Gasteiger partial charge in [-0.3, -0.25) is 0 Å². The first kappa shape index (κ1) is 19.5. The van der Waals surface area contributed by atoms with E-state index >= 15 is 0 Å². The van der Waals surface area contributed by atoms with Gasteiger partial charge in [0.05, 0.1) is 10.6 Å². The number of hydrogen-bond donors (Lipinski definition) is 2. The molecule has 2 rings (SSSR count). The van der Waals surface area contributed by atoms with Crippen molar-refractivity contribution in [1.29, 1.82) is 0 Å². The second kappa shape index (κ2) is 7.18. The van der Waals surface area contributed by atoms with Crippen molar-refractivity contribution < 1.29 is 26.1 Å². The summed E-state index contributed by atoms with van der Waals surface area (Å²) in [6, 6.07) is 0.741. The van der Waals surface area contributed by atoms with E-state index in [4.69, 9.17) is 16.1 Å². The number of nitrogens with one attached hydrogen (secondary N) is 2. The Morgan fingerprint density at radius 2 is 1.96 bits per heavy atom. The number of aromatic nitrogens is 2. The smallest absolute Gasteiger partial charge is 0.368 e. The van der Waals surface area contributed by atoms with E-state index in [-0.39, 0.29) is 40.3 Å². The largest absolute Gasteiger partial charge is 0.417 e. The van der Waals surface area contributed by atoms with Crippen LogP contribution in [-0.2, 0) is 16.2 Å². The summed E-state index contributed by atoms with van der Waals surface area (Å²) in [5, 5.41) is 6.01. The zero-order chi connectivity index (χ0) is 18.8. The lowest BCUT2D eigenvalue weighted by molar-refractivity contribution is -0.137. The molecule has 0 unspecified atom stereocenters. The third kappa shape index (κ3) is 4.61. The number of pyridine rings is 1. The van der Waals surface area contributed by atoms with Crippen molar-refractivity contribution in [2.45, 2.75) is 24.9 Å². The van der Waals surface area contributed by atoms with Gasteiger partial charge in [-0.25, -0.2) is 18.1 Å². The number of alkyl halides is 3. The number of nitrogens with zero attached hydrogens (tertiary/aromatic N) is 2. The Kier molecular flexibility index (Phi) is 5.59. The van der Waals surface area contributed by atoms with Gasteiger partial charge >= 0.3 is 6.18 Å². The molecule has 0 aromatic carbocycles. The fourth-order valence-electron chi connectivity index (χ4n) is 2.02. The van der Waals surface area contributed by atoms with E-state index in [0.717, 1.165) is 6.07 Å². The minimum absolute atomic E-state index is 0.0196. The zero-order valence-corrected chi connectivity index (χ0v) is 14.7. The highest BCUT2D eigenvalue weighted by molar-refractivity contribution is 7.89. The summed E-state index contributed by atoms with van der Waals surface area (Å²) in [6.07, 6.45) is -3.90. The summed E-state index contributed by atoms with van der Waals surface area (Å²) in [4.78, 5) is 3.55. The molecule has 2 aromatic heterocycles. The van der Waals surface area contributed by atoms with E-state index in [1.54, 1.807) is 0 Å². The van der Waals surface area contributed by atoms with Crippen LogP contribution in [-0.4, -0.2) is 31.6 Å². The van der Waals surface area contributed by atoms with Gasteiger partial charge in [-0.05, 0) is 19.9 Å². The second-order valence-corrected chi connectivity index (χ2v) is 7.14. The molecule has 7 nitrogen and oxygen atoms in total. The Balaban J connectivity index is 1.96. The highest BCUT2D eigenvalue weighted by atomic mass is 35.5. The van der Waals surface area contributed by atoms with Crippen LogP contribution in [0.5, 0.6) is 0 Å². The highest BCUT2D eigenvalue weighted by Crippen LogP contribution is 2.32. The minimum atomic E-state index is -4.54. The lowest BCUT2D eigenvalue weighted by Gasteiger charge is -2.11. The Morgan fingerprint density at radius 3 is 2.48 bits per heavy atom. The number of hydrogen-bond acceptors (Lipinski definition) is 6. The van der Waals surface area contributed by atoms with Crippen LogP contribution in [0.25, 0.3) is 0 Å². The number of rotatable bonds is 6. The van der Waals surface area contributed by atoms with E-state index in [2.05, 4.69) is 20.2 Å². The molecule has 138 valence electrons. The molecule has 0 saturated carbocycles. The molecule has 0 aliphatic carbocycles. The van der Waals surface area contributed by atoms with Gasteiger partial charge in [-0.1, -0.05) is 16.8 Å². The SMILES string of the molecule is Cc1noc(C)c1S(=O)(=O)NCCNc1ncc(C(F)(F)F)cc1Cl. The Morgan fingerprint density at radius 1 is 1.28 bits per heavy atom. The fraction of sp³-hybridized carbons (Fsp3) is 0.385. The maximum atomic E-state index is 12.5. The predicted octanol–water partition coefficient (Wildman–Crippen LogP) is 2.75. The Bertz CT molecular complexity index is 848. The Labute approximate surface area is 146 Å². The summed E-state index contributed by atoms with van der Waals surface area (Å²) in [5.74, 6) is 0.177. The number of aryl methyl sites for hydroxylation is 2. The van der Waals surface area contributed by atoms with Gasteiger partial charge in [0.1, 0.15) is 16.4 Å². The van der Waals surface area contributed by atoms with Gasteiger partial charge in [0.2, 0.25) is 10.0 Å².